The van der Waals surface area contributed by atoms with Gasteiger partial charge in [-0.05, 0) is 18.1 Å². The Bertz CT molecular complexity index is 771. The number of nitrogens with zero attached hydrogens (tertiary/aromatic N) is 5. The lowest BCUT2D eigenvalue weighted by Gasteiger charge is -2.23. The van der Waals surface area contributed by atoms with E-state index in [1.165, 1.54) is 6.33 Å². The molecule has 0 aliphatic heterocycles. The Balaban J connectivity index is 2.31. The minimum absolute atomic E-state index is 0.330. The highest BCUT2D eigenvalue weighted by Crippen LogP contribution is 2.30. The Morgan fingerprint density at radius 1 is 1.12 bits per heavy atom. The first-order valence-corrected chi connectivity index (χ1v) is 8.15. The van der Waals surface area contributed by atoms with Crippen molar-refractivity contribution in [1.29, 1.82) is 10.5 Å². The number of para-hydroxylation sites is 1. The van der Waals surface area contributed by atoms with Crippen LogP contribution in [0.15, 0.2) is 30.6 Å². The summed E-state index contributed by atoms with van der Waals surface area (Å²) in [6.45, 7) is 3.01. The van der Waals surface area contributed by atoms with Gasteiger partial charge in [-0.3, -0.25) is 0 Å². The van der Waals surface area contributed by atoms with Gasteiger partial charge in [-0.25, -0.2) is 9.97 Å². The maximum Gasteiger partial charge on any atom is 0.159 e. The van der Waals surface area contributed by atoms with Crippen LogP contribution in [0.2, 0.25) is 0 Å². The van der Waals surface area contributed by atoms with Gasteiger partial charge in [0.2, 0.25) is 0 Å². The van der Waals surface area contributed by atoms with E-state index < -0.39 is 0 Å². The fraction of sp³-hybridized carbons (Fsp3) is 0.333. The largest absolute Gasteiger partial charge is 0.393 e. The van der Waals surface area contributed by atoms with Crippen molar-refractivity contribution in [2.75, 3.05) is 29.0 Å². The average Bonchev–Trinajstić information content (AvgIpc) is 2.64. The van der Waals surface area contributed by atoms with Crippen LogP contribution in [0.25, 0.3) is 0 Å². The van der Waals surface area contributed by atoms with E-state index in [0.717, 1.165) is 17.7 Å². The summed E-state index contributed by atoms with van der Waals surface area (Å²) in [4.78, 5) is 10.4. The van der Waals surface area contributed by atoms with Crippen LogP contribution in [0.3, 0.4) is 0 Å². The Morgan fingerprint density at radius 3 is 2.44 bits per heavy atom. The molecule has 0 unspecified atom stereocenters. The predicted octanol–water partition coefficient (Wildman–Crippen LogP) is 3.00. The molecule has 128 valence electrons. The first-order chi connectivity index (χ1) is 12.2. The van der Waals surface area contributed by atoms with Crippen LogP contribution in [0.5, 0.6) is 0 Å². The van der Waals surface area contributed by atoms with Gasteiger partial charge in [0.05, 0.1) is 25.0 Å². The molecule has 2 rings (SSSR count). The zero-order valence-corrected chi connectivity index (χ0v) is 14.2. The quantitative estimate of drug-likeness (QED) is 0.762. The van der Waals surface area contributed by atoms with Crippen molar-refractivity contribution in [2.45, 2.75) is 26.2 Å². The first-order valence-electron chi connectivity index (χ1n) is 8.15. The highest BCUT2D eigenvalue weighted by atomic mass is 15.2. The standard InChI is InChI=1S/C18H21N7/c1-2-14-7-3-4-8-15(14)24-17-16(21)18(23-13-22-17)25(11-5-9-19)12-6-10-20/h3-4,7-8,13H,2,5-6,11-12,21H2,1H3,(H,22,23,24). The van der Waals surface area contributed by atoms with E-state index >= 15 is 0 Å². The molecule has 1 heterocycles. The smallest absolute Gasteiger partial charge is 0.159 e. The molecule has 1 aromatic heterocycles. The number of nitrogens with two attached hydrogens (primary N) is 1. The van der Waals surface area contributed by atoms with E-state index in [9.17, 15) is 0 Å². The minimum atomic E-state index is 0.330. The third kappa shape index (κ3) is 4.58. The number of anilines is 4. The Hall–Kier alpha value is -3.32. The van der Waals surface area contributed by atoms with Gasteiger partial charge in [-0.15, -0.1) is 0 Å². The summed E-state index contributed by atoms with van der Waals surface area (Å²) < 4.78 is 0. The molecule has 0 saturated heterocycles. The number of rotatable bonds is 8. The third-order valence-corrected chi connectivity index (χ3v) is 3.80. The summed E-state index contributed by atoms with van der Waals surface area (Å²) in [6, 6.07) is 12.2. The van der Waals surface area contributed by atoms with E-state index in [1.54, 1.807) is 0 Å². The molecule has 0 radical (unpaired) electrons. The molecule has 0 amide bonds. The molecular weight excluding hydrogens is 314 g/mol. The molecule has 7 heteroatoms. The number of benzene rings is 1. The van der Waals surface area contributed by atoms with Crippen molar-refractivity contribution in [1.82, 2.24) is 9.97 Å². The number of aromatic nitrogens is 2. The molecule has 0 atom stereocenters. The van der Waals surface area contributed by atoms with Gasteiger partial charge in [0.25, 0.3) is 0 Å². The summed E-state index contributed by atoms with van der Waals surface area (Å²) in [5, 5.41) is 21.0. The lowest BCUT2D eigenvalue weighted by atomic mass is 10.1. The van der Waals surface area contributed by atoms with E-state index in [-0.39, 0.29) is 0 Å². The first kappa shape index (κ1) is 18.0. The molecule has 25 heavy (non-hydrogen) atoms. The van der Waals surface area contributed by atoms with Crippen molar-refractivity contribution in [3.05, 3.63) is 36.2 Å². The molecule has 0 bridgehead atoms. The van der Waals surface area contributed by atoms with Crippen molar-refractivity contribution in [3.8, 4) is 12.1 Å². The zero-order valence-electron chi connectivity index (χ0n) is 14.2. The molecule has 2 aromatic rings. The summed E-state index contributed by atoms with van der Waals surface area (Å²) in [5.74, 6) is 1.06. The van der Waals surface area contributed by atoms with Crippen LogP contribution in [-0.4, -0.2) is 23.1 Å². The van der Waals surface area contributed by atoms with E-state index in [0.29, 0.717) is 43.3 Å². The number of nitrogens with one attached hydrogen (secondary N) is 1. The van der Waals surface area contributed by atoms with Crippen LogP contribution in [0.1, 0.15) is 25.3 Å². The van der Waals surface area contributed by atoms with Crippen molar-refractivity contribution in [2.24, 2.45) is 0 Å². The second-order valence-electron chi connectivity index (χ2n) is 5.40. The summed E-state index contributed by atoms with van der Waals surface area (Å²) in [7, 11) is 0. The summed E-state index contributed by atoms with van der Waals surface area (Å²) in [5.41, 5.74) is 8.79. The topological polar surface area (TPSA) is 115 Å². The van der Waals surface area contributed by atoms with Gasteiger partial charge in [0, 0.05) is 18.8 Å². The maximum atomic E-state index is 8.85. The molecule has 0 aliphatic carbocycles. The summed E-state index contributed by atoms with van der Waals surface area (Å²) in [6.07, 6.45) is 2.98. The normalized spacial score (nSPS) is 9.88. The third-order valence-electron chi connectivity index (χ3n) is 3.80. The van der Waals surface area contributed by atoms with Crippen LogP contribution in [0.4, 0.5) is 23.0 Å². The van der Waals surface area contributed by atoms with Gasteiger partial charge in [-0.2, -0.15) is 10.5 Å². The summed E-state index contributed by atoms with van der Waals surface area (Å²) >= 11 is 0. The van der Waals surface area contributed by atoms with Gasteiger partial charge in [0.15, 0.2) is 11.6 Å². The molecule has 0 saturated carbocycles. The number of nitrogen functional groups attached to an aromatic ring is 1. The molecule has 1 aromatic carbocycles. The van der Waals surface area contributed by atoms with E-state index in [1.807, 2.05) is 29.2 Å². The van der Waals surface area contributed by atoms with Crippen molar-refractivity contribution in [3.63, 3.8) is 0 Å². The average molecular weight is 335 g/mol. The number of hydrogen-bond acceptors (Lipinski definition) is 7. The molecular formula is C18H21N7. The zero-order chi connectivity index (χ0) is 18.1. The Morgan fingerprint density at radius 2 is 1.80 bits per heavy atom. The van der Waals surface area contributed by atoms with Gasteiger partial charge >= 0.3 is 0 Å². The van der Waals surface area contributed by atoms with Crippen LogP contribution in [-0.2, 0) is 6.42 Å². The number of nitriles is 2. The van der Waals surface area contributed by atoms with Gasteiger partial charge in [-0.1, -0.05) is 25.1 Å². The monoisotopic (exact) mass is 335 g/mol. The fourth-order valence-electron chi connectivity index (χ4n) is 2.51. The molecule has 0 fully saturated rings. The van der Waals surface area contributed by atoms with Crippen molar-refractivity contribution < 1.29 is 0 Å². The van der Waals surface area contributed by atoms with Gasteiger partial charge in [0.1, 0.15) is 12.0 Å². The molecule has 3 N–H and O–H groups in total. The predicted molar refractivity (Wildman–Crippen MR) is 98.2 cm³/mol. The maximum absolute atomic E-state index is 8.85. The van der Waals surface area contributed by atoms with Crippen molar-refractivity contribution >= 4 is 23.0 Å². The number of hydrogen-bond donors (Lipinski definition) is 2. The lowest BCUT2D eigenvalue weighted by molar-refractivity contribution is 0.782. The molecule has 7 nitrogen and oxygen atoms in total. The van der Waals surface area contributed by atoms with Crippen LogP contribution >= 0.6 is 0 Å². The fourth-order valence-corrected chi connectivity index (χ4v) is 2.51. The Labute approximate surface area is 147 Å². The van der Waals surface area contributed by atoms with Crippen LogP contribution < -0.4 is 16.0 Å². The van der Waals surface area contributed by atoms with Gasteiger partial charge < -0.3 is 16.0 Å². The minimum Gasteiger partial charge on any atom is -0.393 e. The second kappa shape index (κ2) is 9.09. The molecule has 0 aliphatic rings. The highest BCUT2D eigenvalue weighted by molar-refractivity contribution is 5.79. The SMILES string of the molecule is CCc1ccccc1Nc1ncnc(N(CCC#N)CCC#N)c1N. The Kier molecular flexibility index (Phi) is 6.56. The van der Waals surface area contributed by atoms with E-state index in [4.69, 9.17) is 16.3 Å². The van der Waals surface area contributed by atoms with Crippen LogP contribution in [0, 0.1) is 22.7 Å². The number of aryl methyl sites for hydroxylation is 1. The second-order valence-corrected chi connectivity index (χ2v) is 5.40. The lowest BCUT2D eigenvalue weighted by Crippen LogP contribution is -2.27. The van der Waals surface area contributed by atoms with E-state index in [2.05, 4.69) is 34.3 Å². The highest BCUT2D eigenvalue weighted by Gasteiger charge is 2.15. The molecule has 0 spiro atoms.